The van der Waals surface area contributed by atoms with Gasteiger partial charge in [-0.2, -0.15) is 21.6 Å². The Bertz CT molecular complexity index is 976. The van der Waals surface area contributed by atoms with Crippen LogP contribution in [0.1, 0.15) is 24.5 Å². The van der Waals surface area contributed by atoms with Crippen LogP contribution in [-0.2, 0) is 32.4 Å². The van der Waals surface area contributed by atoms with Gasteiger partial charge in [-0.05, 0) is 35.9 Å². The highest BCUT2D eigenvalue weighted by atomic mass is 32.2. The number of carbonyl (C=O) groups is 1. The summed E-state index contributed by atoms with van der Waals surface area (Å²) in [4.78, 5) is 13.0. The van der Waals surface area contributed by atoms with E-state index >= 15 is 0 Å². The molecule has 0 atom stereocenters. The van der Waals surface area contributed by atoms with Crippen LogP contribution in [0.15, 0.2) is 53.4 Å². The van der Waals surface area contributed by atoms with E-state index in [4.69, 9.17) is 8.92 Å². The Hall–Kier alpha value is -2.59. The van der Waals surface area contributed by atoms with Crippen molar-refractivity contribution >= 4 is 16.0 Å². The first-order valence-electron chi connectivity index (χ1n) is 9.04. The number of carbonyl (C=O) groups excluding carboxylic acids is 1. The van der Waals surface area contributed by atoms with Crippen molar-refractivity contribution in [3.8, 4) is 5.75 Å². The molecule has 0 fully saturated rings. The largest absolute Gasteiger partial charge is 0.416 e. The Balaban J connectivity index is 2.22. The number of hydrogen-bond donors (Lipinski definition) is 0. The summed E-state index contributed by atoms with van der Waals surface area (Å²) in [5, 5.41) is 0. The lowest BCUT2D eigenvalue weighted by Crippen LogP contribution is -2.32. The Morgan fingerprint density at radius 2 is 1.80 bits per heavy atom. The highest BCUT2D eigenvalue weighted by Crippen LogP contribution is 2.31. The fraction of sp³-hybridized carbons (Fsp3) is 0.350. The molecule has 0 saturated carbocycles. The van der Waals surface area contributed by atoms with E-state index in [1.807, 2.05) is 0 Å². The van der Waals surface area contributed by atoms with Crippen molar-refractivity contribution < 1.29 is 35.3 Å². The normalized spacial score (nSPS) is 11.9. The van der Waals surface area contributed by atoms with Gasteiger partial charge in [0.15, 0.2) is 0 Å². The SMILES string of the molecule is CCC(=O)N(CCOC)Cc1cccc(OS(=O)(=O)c2cccc(C(F)(F)F)c2)c1. The second-order valence-corrected chi connectivity index (χ2v) is 7.92. The summed E-state index contributed by atoms with van der Waals surface area (Å²) in [6.45, 7) is 2.63. The molecular weight excluding hydrogens is 423 g/mol. The molecule has 164 valence electrons. The van der Waals surface area contributed by atoms with Gasteiger partial charge in [0.25, 0.3) is 0 Å². The summed E-state index contributed by atoms with van der Waals surface area (Å²) in [5.74, 6) is -0.171. The number of alkyl halides is 3. The third-order valence-corrected chi connectivity index (χ3v) is 5.39. The maximum absolute atomic E-state index is 12.9. The molecule has 10 heteroatoms. The molecule has 6 nitrogen and oxygen atoms in total. The average Bonchev–Trinajstić information content (AvgIpc) is 2.70. The molecule has 0 aromatic heterocycles. The number of halogens is 3. The van der Waals surface area contributed by atoms with Crippen LogP contribution in [0.25, 0.3) is 0 Å². The molecule has 0 aliphatic carbocycles. The first kappa shape index (κ1) is 23.7. The molecule has 0 heterocycles. The maximum atomic E-state index is 12.9. The third-order valence-electron chi connectivity index (χ3n) is 4.15. The highest BCUT2D eigenvalue weighted by Gasteiger charge is 2.32. The van der Waals surface area contributed by atoms with Crippen LogP contribution in [-0.4, -0.2) is 39.5 Å². The van der Waals surface area contributed by atoms with E-state index in [0.717, 1.165) is 18.2 Å². The van der Waals surface area contributed by atoms with Gasteiger partial charge in [0.05, 0.1) is 12.2 Å². The van der Waals surface area contributed by atoms with Gasteiger partial charge in [-0.3, -0.25) is 4.79 Å². The predicted octanol–water partition coefficient (Wildman–Crippen LogP) is 3.86. The van der Waals surface area contributed by atoms with Gasteiger partial charge >= 0.3 is 16.3 Å². The minimum absolute atomic E-state index is 0.0689. The zero-order valence-electron chi connectivity index (χ0n) is 16.5. The lowest BCUT2D eigenvalue weighted by molar-refractivity contribution is -0.137. The second-order valence-electron chi connectivity index (χ2n) is 6.37. The fourth-order valence-corrected chi connectivity index (χ4v) is 3.61. The maximum Gasteiger partial charge on any atom is 0.416 e. The van der Waals surface area contributed by atoms with E-state index in [1.54, 1.807) is 17.9 Å². The zero-order chi connectivity index (χ0) is 22.4. The minimum Gasteiger partial charge on any atom is -0.383 e. The zero-order valence-corrected chi connectivity index (χ0v) is 17.3. The molecule has 0 saturated heterocycles. The summed E-state index contributed by atoms with van der Waals surface area (Å²) >= 11 is 0. The number of rotatable bonds is 9. The van der Waals surface area contributed by atoms with Crippen molar-refractivity contribution in [2.75, 3.05) is 20.3 Å². The van der Waals surface area contributed by atoms with E-state index in [-0.39, 0.29) is 18.2 Å². The van der Waals surface area contributed by atoms with Crippen molar-refractivity contribution in [3.05, 3.63) is 59.7 Å². The molecule has 0 bridgehead atoms. The van der Waals surface area contributed by atoms with Crippen LogP contribution in [0.2, 0.25) is 0 Å². The molecule has 0 N–H and O–H groups in total. The van der Waals surface area contributed by atoms with Crippen LogP contribution in [0.3, 0.4) is 0 Å². The van der Waals surface area contributed by atoms with Gasteiger partial charge < -0.3 is 13.8 Å². The van der Waals surface area contributed by atoms with E-state index < -0.39 is 26.8 Å². The van der Waals surface area contributed by atoms with Crippen LogP contribution in [0.5, 0.6) is 5.75 Å². The monoisotopic (exact) mass is 445 g/mol. The average molecular weight is 445 g/mol. The van der Waals surface area contributed by atoms with Gasteiger partial charge in [-0.1, -0.05) is 25.1 Å². The quantitative estimate of drug-likeness (QED) is 0.548. The smallest absolute Gasteiger partial charge is 0.383 e. The highest BCUT2D eigenvalue weighted by molar-refractivity contribution is 7.87. The van der Waals surface area contributed by atoms with E-state index in [0.29, 0.717) is 31.2 Å². The molecule has 2 aromatic carbocycles. The molecule has 0 radical (unpaired) electrons. The van der Waals surface area contributed by atoms with E-state index in [9.17, 15) is 26.4 Å². The fourth-order valence-electron chi connectivity index (χ4n) is 2.64. The van der Waals surface area contributed by atoms with E-state index in [2.05, 4.69) is 0 Å². The molecule has 0 spiro atoms. The van der Waals surface area contributed by atoms with Crippen molar-refractivity contribution in [3.63, 3.8) is 0 Å². The van der Waals surface area contributed by atoms with Crippen LogP contribution in [0.4, 0.5) is 13.2 Å². The Morgan fingerprint density at radius 1 is 1.10 bits per heavy atom. The molecule has 2 aromatic rings. The summed E-state index contributed by atoms with van der Waals surface area (Å²) in [7, 11) is -2.96. The van der Waals surface area contributed by atoms with Gasteiger partial charge in [0, 0.05) is 26.6 Å². The first-order chi connectivity index (χ1) is 14.1. The van der Waals surface area contributed by atoms with Gasteiger partial charge in [0.1, 0.15) is 10.6 Å². The molecule has 2 rings (SSSR count). The van der Waals surface area contributed by atoms with Crippen molar-refractivity contribution in [2.24, 2.45) is 0 Å². The Morgan fingerprint density at radius 3 is 2.43 bits per heavy atom. The lowest BCUT2D eigenvalue weighted by atomic mass is 10.2. The Kier molecular flexibility index (Phi) is 7.85. The topological polar surface area (TPSA) is 72.9 Å². The first-order valence-corrected chi connectivity index (χ1v) is 10.4. The molecular formula is C20H22F3NO5S. The van der Waals surface area contributed by atoms with Crippen molar-refractivity contribution in [1.82, 2.24) is 4.90 Å². The summed E-state index contributed by atoms with van der Waals surface area (Å²) in [6.07, 6.45) is -4.38. The van der Waals surface area contributed by atoms with Gasteiger partial charge in [0.2, 0.25) is 5.91 Å². The molecule has 0 aliphatic heterocycles. The molecule has 1 amide bonds. The summed E-state index contributed by atoms with van der Waals surface area (Å²) < 4.78 is 73.5. The number of methoxy groups -OCH3 is 1. The van der Waals surface area contributed by atoms with Gasteiger partial charge in [-0.25, -0.2) is 0 Å². The predicted molar refractivity (Wildman–Crippen MR) is 103 cm³/mol. The van der Waals surface area contributed by atoms with Crippen LogP contribution in [0, 0.1) is 0 Å². The van der Waals surface area contributed by atoms with E-state index in [1.165, 1.54) is 25.3 Å². The minimum atomic E-state index is -4.68. The van der Waals surface area contributed by atoms with Crippen molar-refractivity contribution in [2.45, 2.75) is 31.0 Å². The summed E-state index contributed by atoms with van der Waals surface area (Å²) in [6, 6.07) is 9.35. The van der Waals surface area contributed by atoms with Crippen LogP contribution >= 0.6 is 0 Å². The van der Waals surface area contributed by atoms with Gasteiger partial charge in [-0.15, -0.1) is 0 Å². The molecule has 0 aliphatic rings. The Labute approximate surface area is 173 Å². The van der Waals surface area contributed by atoms with Crippen LogP contribution < -0.4 is 4.18 Å². The summed E-state index contributed by atoms with van der Waals surface area (Å²) in [5.41, 5.74) is -0.488. The van der Waals surface area contributed by atoms with Crippen molar-refractivity contribution in [1.29, 1.82) is 0 Å². The molecule has 0 unspecified atom stereocenters. The number of amides is 1. The lowest BCUT2D eigenvalue weighted by Gasteiger charge is -2.22. The number of benzene rings is 2. The standard InChI is InChI=1S/C20H22F3NO5S/c1-3-19(25)24(10-11-28-2)14-15-6-4-8-17(12-15)29-30(26,27)18-9-5-7-16(13-18)20(21,22)23/h4-9,12-13H,3,10-11,14H2,1-2H3. The molecule has 30 heavy (non-hydrogen) atoms. The number of ether oxygens (including phenoxy) is 1. The third kappa shape index (κ3) is 6.46. The number of nitrogens with zero attached hydrogens (tertiary/aromatic N) is 1. The second kappa shape index (κ2) is 9.94. The number of hydrogen-bond acceptors (Lipinski definition) is 5.